The summed E-state index contributed by atoms with van der Waals surface area (Å²) in [7, 11) is 1.83. The SMILES string of the molecule is CNc1cc(Cl)ccc1-c1ccc2[nH]c(=O)ccc2c1Cl. The van der Waals surface area contributed by atoms with E-state index in [2.05, 4.69) is 10.3 Å². The van der Waals surface area contributed by atoms with Crippen LogP contribution in [0, 0.1) is 0 Å². The quantitative estimate of drug-likeness (QED) is 0.728. The van der Waals surface area contributed by atoms with Crippen LogP contribution in [0.5, 0.6) is 0 Å². The third kappa shape index (κ3) is 2.50. The van der Waals surface area contributed by atoms with E-state index in [4.69, 9.17) is 23.2 Å². The maximum Gasteiger partial charge on any atom is 0.248 e. The highest BCUT2D eigenvalue weighted by molar-refractivity contribution is 6.38. The second kappa shape index (κ2) is 5.43. The Hall–Kier alpha value is -1.97. The van der Waals surface area contributed by atoms with Crippen molar-refractivity contribution in [2.75, 3.05) is 12.4 Å². The summed E-state index contributed by atoms with van der Waals surface area (Å²) in [5, 5.41) is 5.19. The fourth-order valence-electron chi connectivity index (χ4n) is 2.36. The second-order valence-corrected chi connectivity index (χ2v) is 5.47. The van der Waals surface area contributed by atoms with E-state index in [0.717, 1.165) is 27.7 Å². The van der Waals surface area contributed by atoms with Crippen LogP contribution >= 0.6 is 23.2 Å². The molecule has 0 amide bonds. The molecule has 3 rings (SSSR count). The van der Waals surface area contributed by atoms with Gasteiger partial charge in [-0.2, -0.15) is 0 Å². The number of aromatic amines is 1. The Balaban J connectivity index is 2.28. The number of rotatable bonds is 2. The molecule has 0 saturated heterocycles. The average molecular weight is 319 g/mol. The average Bonchev–Trinajstić information content (AvgIpc) is 2.48. The number of nitrogens with one attached hydrogen (secondary N) is 2. The summed E-state index contributed by atoms with van der Waals surface area (Å²) in [4.78, 5) is 14.1. The number of pyridine rings is 1. The molecule has 1 aromatic heterocycles. The Morgan fingerprint density at radius 1 is 1.00 bits per heavy atom. The van der Waals surface area contributed by atoms with Gasteiger partial charge in [0.15, 0.2) is 0 Å². The molecule has 0 atom stereocenters. The maximum absolute atomic E-state index is 11.4. The zero-order chi connectivity index (χ0) is 15.0. The van der Waals surface area contributed by atoms with Crippen molar-refractivity contribution in [2.45, 2.75) is 0 Å². The van der Waals surface area contributed by atoms with E-state index in [9.17, 15) is 4.79 Å². The Morgan fingerprint density at radius 2 is 1.76 bits per heavy atom. The molecule has 106 valence electrons. The zero-order valence-corrected chi connectivity index (χ0v) is 12.7. The molecular weight excluding hydrogens is 307 g/mol. The monoisotopic (exact) mass is 318 g/mol. The number of halogens is 2. The summed E-state index contributed by atoms with van der Waals surface area (Å²) in [6.07, 6.45) is 0. The van der Waals surface area contributed by atoms with Gasteiger partial charge in [0.25, 0.3) is 0 Å². The molecule has 0 radical (unpaired) electrons. The first-order valence-corrected chi connectivity index (χ1v) is 7.15. The molecule has 0 unspecified atom stereocenters. The molecule has 0 aliphatic rings. The minimum Gasteiger partial charge on any atom is -0.388 e. The largest absolute Gasteiger partial charge is 0.388 e. The zero-order valence-electron chi connectivity index (χ0n) is 11.2. The summed E-state index contributed by atoms with van der Waals surface area (Å²) < 4.78 is 0. The summed E-state index contributed by atoms with van der Waals surface area (Å²) in [5.41, 5.74) is 3.32. The van der Waals surface area contributed by atoms with E-state index in [0.29, 0.717) is 10.0 Å². The molecular formula is C16H12Cl2N2O. The van der Waals surface area contributed by atoms with E-state index < -0.39 is 0 Å². The van der Waals surface area contributed by atoms with Gasteiger partial charge >= 0.3 is 0 Å². The van der Waals surface area contributed by atoms with Crippen LogP contribution in [-0.2, 0) is 0 Å². The number of aromatic nitrogens is 1. The van der Waals surface area contributed by atoms with Gasteiger partial charge in [0.2, 0.25) is 5.56 Å². The predicted molar refractivity (Wildman–Crippen MR) is 89.6 cm³/mol. The number of benzene rings is 2. The van der Waals surface area contributed by atoms with E-state index in [1.165, 1.54) is 6.07 Å². The third-order valence-electron chi connectivity index (χ3n) is 3.38. The number of H-pyrrole nitrogens is 1. The summed E-state index contributed by atoms with van der Waals surface area (Å²) >= 11 is 12.5. The van der Waals surface area contributed by atoms with Gasteiger partial charge in [-0.1, -0.05) is 35.3 Å². The Kier molecular flexibility index (Phi) is 3.62. The summed E-state index contributed by atoms with van der Waals surface area (Å²) in [6, 6.07) is 12.5. The first-order chi connectivity index (χ1) is 10.1. The first-order valence-electron chi connectivity index (χ1n) is 6.39. The molecule has 2 N–H and O–H groups in total. The molecule has 0 bridgehead atoms. The van der Waals surface area contributed by atoms with Gasteiger partial charge in [0.1, 0.15) is 0 Å². The molecule has 3 nitrogen and oxygen atoms in total. The van der Waals surface area contributed by atoms with E-state index in [1.807, 2.05) is 37.4 Å². The topological polar surface area (TPSA) is 44.9 Å². The van der Waals surface area contributed by atoms with Gasteiger partial charge in [-0.05, 0) is 24.3 Å². The molecule has 3 aromatic rings. The van der Waals surface area contributed by atoms with Crippen LogP contribution in [0.2, 0.25) is 10.0 Å². The molecule has 21 heavy (non-hydrogen) atoms. The minimum atomic E-state index is -0.145. The van der Waals surface area contributed by atoms with Crippen molar-refractivity contribution in [1.29, 1.82) is 0 Å². The number of fused-ring (bicyclic) bond motifs is 1. The lowest BCUT2D eigenvalue weighted by molar-refractivity contribution is 1.31. The Bertz CT molecular complexity index is 887. The standard InChI is InChI=1S/C16H12Cl2N2O/c1-19-14-8-9(17)2-3-10(14)11-4-6-13-12(16(11)18)5-7-15(21)20-13/h2-8,19H,1H3,(H,20,21). The number of hydrogen-bond acceptors (Lipinski definition) is 2. The van der Waals surface area contributed by atoms with Crippen molar-refractivity contribution in [2.24, 2.45) is 0 Å². The Labute approximate surface area is 131 Å². The van der Waals surface area contributed by atoms with Crippen LogP contribution in [0.15, 0.2) is 47.3 Å². The molecule has 0 aliphatic carbocycles. The van der Waals surface area contributed by atoms with Crippen molar-refractivity contribution < 1.29 is 0 Å². The fraction of sp³-hybridized carbons (Fsp3) is 0.0625. The van der Waals surface area contributed by atoms with Crippen LogP contribution in [0.25, 0.3) is 22.0 Å². The van der Waals surface area contributed by atoms with Crippen LogP contribution in [0.4, 0.5) is 5.69 Å². The normalized spacial score (nSPS) is 10.8. The molecule has 2 aromatic carbocycles. The molecule has 1 heterocycles. The predicted octanol–water partition coefficient (Wildman–Crippen LogP) is 4.54. The van der Waals surface area contributed by atoms with Gasteiger partial charge in [0.05, 0.1) is 5.02 Å². The number of hydrogen-bond donors (Lipinski definition) is 2. The molecule has 0 saturated carbocycles. The van der Waals surface area contributed by atoms with Crippen LogP contribution < -0.4 is 10.9 Å². The minimum absolute atomic E-state index is 0.145. The van der Waals surface area contributed by atoms with Crippen molar-refractivity contribution >= 4 is 39.8 Å². The molecule has 0 aliphatic heterocycles. The van der Waals surface area contributed by atoms with Gasteiger partial charge in [-0.25, -0.2) is 0 Å². The fourth-order valence-corrected chi connectivity index (χ4v) is 2.87. The van der Waals surface area contributed by atoms with E-state index >= 15 is 0 Å². The van der Waals surface area contributed by atoms with Crippen LogP contribution in [0.3, 0.4) is 0 Å². The third-order valence-corrected chi connectivity index (χ3v) is 4.02. The maximum atomic E-state index is 11.4. The van der Waals surface area contributed by atoms with E-state index in [1.54, 1.807) is 6.07 Å². The van der Waals surface area contributed by atoms with Gasteiger partial charge in [-0.15, -0.1) is 0 Å². The number of anilines is 1. The Morgan fingerprint density at radius 3 is 2.52 bits per heavy atom. The molecule has 5 heteroatoms. The summed E-state index contributed by atoms with van der Waals surface area (Å²) in [6.45, 7) is 0. The van der Waals surface area contributed by atoms with Crippen molar-refractivity contribution in [3.63, 3.8) is 0 Å². The highest BCUT2D eigenvalue weighted by Gasteiger charge is 2.11. The summed E-state index contributed by atoms with van der Waals surface area (Å²) in [5.74, 6) is 0. The smallest absolute Gasteiger partial charge is 0.248 e. The van der Waals surface area contributed by atoms with Crippen molar-refractivity contribution in [3.05, 3.63) is 62.9 Å². The van der Waals surface area contributed by atoms with Crippen molar-refractivity contribution in [3.8, 4) is 11.1 Å². The lowest BCUT2D eigenvalue weighted by atomic mass is 10.0. The second-order valence-electron chi connectivity index (χ2n) is 4.65. The lowest BCUT2D eigenvalue weighted by Crippen LogP contribution is -2.02. The van der Waals surface area contributed by atoms with Crippen LogP contribution in [0.1, 0.15) is 0 Å². The highest BCUT2D eigenvalue weighted by atomic mass is 35.5. The lowest BCUT2D eigenvalue weighted by Gasteiger charge is -2.13. The van der Waals surface area contributed by atoms with Crippen molar-refractivity contribution in [1.82, 2.24) is 4.98 Å². The van der Waals surface area contributed by atoms with Gasteiger partial charge in [-0.3, -0.25) is 4.79 Å². The highest BCUT2D eigenvalue weighted by Crippen LogP contribution is 2.37. The molecule has 0 fully saturated rings. The van der Waals surface area contributed by atoms with E-state index in [-0.39, 0.29) is 5.56 Å². The molecule has 0 spiro atoms. The van der Waals surface area contributed by atoms with Crippen LogP contribution in [-0.4, -0.2) is 12.0 Å². The van der Waals surface area contributed by atoms with Gasteiger partial charge < -0.3 is 10.3 Å². The first kappa shape index (κ1) is 14.0. The van der Waals surface area contributed by atoms with Gasteiger partial charge in [0, 0.05) is 45.9 Å².